The van der Waals surface area contributed by atoms with Crippen LogP contribution in [0.5, 0.6) is 0 Å². The molecule has 22 heavy (non-hydrogen) atoms. The van der Waals surface area contributed by atoms with E-state index in [9.17, 15) is 0 Å². The van der Waals surface area contributed by atoms with Crippen molar-refractivity contribution < 1.29 is 0 Å². The second-order valence-corrected chi connectivity index (χ2v) is 6.26. The average Bonchev–Trinajstić information content (AvgIpc) is 3.08. The smallest absolute Gasteiger partial charge is 0.216 e. The van der Waals surface area contributed by atoms with E-state index in [2.05, 4.69) is 78.3 Å². The van der Waals surface area contributed by atoms with Crippen LogP contribution in [0.2, 0.25) is 0 Å². The van der Waals surface area contributed by atoms with Crippen molar-refractivity contribution in [2.45, 2.75) is 39.2 Å². The van der Waals surface area contributed by atoms with Crippen molar-refractivity contribution in [3.8, 4) is 0 Å². The lowest BCUT2D eigenvalue weighted by Gasteiger charge is -2.29. The molecule has 2 aromatic heterocycles. The van der Waals surface area contributed by atoms with E-state index in [1.165, 1.54) is 16.6 Å². The van der Waals surface area contributed by atoms with E-state index in [0.29, 0.717) is 0 Å². The normalized spacial score (nSPS) is 12.7. The summed E-state index contributed by atoms with van der Waals surface area (Å²) >= 11 is 0. The Morgan fingerprint density at radius 3 is 2.14 bits per heavy atom. The van der Waals surface area contributed by atoms with Gasteiger partial charge in [0, 0.05) is 5.54 Å². The second-order valence-electron chi connectivity index (χ2n) is 6.26. The summed E-state index contributed by atoms with van der Waals surface area (Å²) in [5.74, 6) is 1.05. The van der Waals surface area contributed by atoms with Crippen LogP contribution in [-0.2, 0) is 5.54 Å². The number of aromatic nitrogens is 3. The molecular formula is C19H21N3. The van der Waals surface area contributed by atoms with Crippen LogP contribution in [0.25, 0.3) is 27.8 Å². The van der Waals surface area contributed by atoms with Crippen molar-refractivity contribution in [3.63, 3.8) is 0 Å². The number of benzene rings is 2. The van der Waals surface area contributed by atoms with E-state index in [0.717, 1.165) is 24.1 Å². The number of imidazole rings is 2. The topological polar surface area (TPSA) is 22.2 Å². The van der Waals surface area contributed by atoms with Crippen LogP contribution >= 0.6 is 0 Å². The molecule has 0 amide bonds. The fourth-order valence-electron chi connectivity index (χ4n) is 3.45. The number of hydrogen-bond donors (Lipinski definition) is 0. The largest absolute Gasteiger partial charge is 0.304 e. The van der Waals surface area contributed by atoms with E-state index in [1.54, 1.807) is 0 Å². The molecule has 0 atom stereocenters. The molecule has 4 rings (SSSR count). The Hall–Kier alpha value is -2.29. The molecular weight excluding hydrogens is 270 g/mol. The molecule has 4 aromatic rings. The summed E-state index contributed by atoms with van der Waals surface area (Å²) in [7, 11) is 0. The predicted molar refractivity (Wildman–Crippen MR) is 92.4 cm³/mol. The van der Waals surface area contributed by atoms with Gasteiger partial charge in [0.25, 0.3) is 0 Å². The highest BCUT2D eigenvalue weighted by molar-refractivity contribution is 5.90. The zero-order chi connectivity index (χ0) is 15.3. The molecule has 0 saturated carbocycles. The number of fused-ring (bicyclic) bond motifs is 5. The quantitative estimate of drug-likeness (QED) is 0.522. The lowest BCUT2D eigenvalue weighted by atomic mass is 9.95. The van der Waals surface area contributed by atoms with Crippen LogP contribution in [0.3, 0.4) is 0 Å². The fraction of sp³-hybridized carbons (Fsp3) is 0.316. The maximum Gasteiger partial charge on any atom is 0.216 e. The summed E-state index contributed by atoms with van der Waals surface area (Å²) in [5.41, 5.74) is 4.82. The number of hydrogen-bond acceptors (Lipinski definition) is 1. The SMILES string of the molecule is CCC(C)(CC)n1c2ccccc2n2c3ccccc3nc12. The van der Waals surface area contributed by atoms with Crippen LogP contribution in [-0.4, -0.2) is 14.0 Å². The molecule has 0 aliphatic rings. The van der Waals surface area contributed by atoms with E-state index in [-0.39, 0.29) is 5.54 Å². The van der Waals surface area contributed by atoms with Gasteiger partial charge >= 0.3 is 0 Å². The Morgan fingerprint density at radius 1 is 0.864 bits per heavy atom. The highest BCUT2D eigenvalue weighted by Crippen LogP contribution is 2.34. The first-order valence-corrected chi connectivity index (χ1v) is 8.06. The van der Waals surface area contributed by atoms with Crippen molar-refractivity contribution in [1.82, 2.24) is 14.0 Å². The van der Waals surface area contributed by atoms with Crippen LogP contribution in [0, 0.1) is 0 Å². The molecule has 0 unspecified atom stereocenters. The van der Waals surface area contributed by atoms with E-state index >= 15 is 0 Å². The van der Waals surface area contributed by atoms with Crippen LogP contribution < -0.4 is 0 Å². The van der Waals surface area contributed by atoms with Gasteiger partial charge < -0.3 is 4.57 Å². The molecule has 3 nitrogen and oxygen atoms in total. The number of para-hydroxylation sites is 4. The zero-order valence-electron chi connectivity index (χ0n) is 13.4. The predicted octanol–water partition coefficient (Wildman–Crippen LogP) is 4.98. The van der Waals surface area contributed by atoms with E-state index in [1.807, 2.05) is 0 Å². The third-order valence-corrected chi connectivity index (χ3v) is 5.17. The molecule has 0 N–H and O–H groups in total. The Morgan fingerprint density at radius 2 is 1.45 bits per heavy atom. The summed E-state index contributed by atoms with van der Waals surface area (Å²) in [6.45, 7) is 6.85. The van der Waals surface area contributed by atoms with Gasteiger partial charge in [-0.15, -0.1) is 0 Å². The second kappa shape index (κ2) is 4.60. The molecule has 0 radical (unpaired) electrons. The number of rotatable bonds is 3. The molecule has 0 bridgehead atoms. The monoisotopic (exact) mass is 291 g/mol. The summed E-state index contributed by atoms with van der Waals surface area (Å²) in [6.07, 6.45) is 2.17. The zero-order valence-corrected chi connectivity index (χ0v) is 13.4. The fourth-order valence-corrected chi connectivity index (χ4v) is 3.45. The average molecular weight is 291 g/mol. The van der Waals surface area contributed by atoms with Gasteiger partial charge in [0.1, 0.15) is 0 Å². The minimum Gasteiger partial charge on any atom is -0.304 e. The van der Waals surface area contributed by atoms with Gasteiger partial charge in [-0.25, -0.2) is 4.98 Å². The van der Waals surface area contributed by atoms with E-state index in [4.69, 9.17) is 4.98 Å². The summed E-state index contributed by atoms with van der Waals surface area (Å²) in [4.78, 5) is 4.94. The van der Waals surface area contributed by atoms with Crippen LogP contribution in [0.15, 0.2) is 48.5 Å². The molecule has 2 heterocycles. The third-order valence-electron chi connectivity index (χ3n) is 5.17. The van der Waals surface area contributed by atoms with Gasteiger partial charge in [-0.2, -0.15) is 0 Å². The van der Waals surface area contributed by atoms with Gasteiger partial charge in [0.2, 0.25) is 5.78 Å². The molecule has 112 valence electrons. The minimum atomic E-state index is 0.0751. The molecule has 0 spiro atoms. The highest BCUT2D eigenvalue weighted by Gasteiger charge is 2.28. The van der Waals surface area contributed by atoms with Gasteiger partial charge in [0.15, 0.2) is 0 Å². The van der Waals surface area contributed by atoms with Gasteiger partial charge in [-0.3, -0.25) is 4.40 Å². The molecule has 0 fully saturated rings. The summed E-state index contributed by atoms with van der Waals surface area (Å²) in [6, 6.07) is 17.0. The summed E-state index contributed by atoms with van der Waals surface area (Å²) < 4.78 is 4.73. The first-order valence-electron chi connectivity index (χ1n) is 8.06. The molecule has 2 aromatic carbocycles. The van der Waals surface area contributed by atoms with Crippen molar-refractivity contribution in [3.05, 3.63) is 48.5 Å². The lowest BCUT2D eigenvalue weighted by Crippen LogP contribution is -2.28. The third kappa shape index (κ3) is 1.59. The maximum absolute atomic E-state index is 4.94. The first kappa shape index (κ1) is 13.4. The van der Waals surface area contributed by atoms with Crippen LogP contribution in [0.4, 0.5) is 0 Å². The van der Waals surface area contributed by atoms with Crippen molar-refractivity contribution in [1.29, 1.82) is 0 Å². The lowest BCUT2D eigenvalue weighted by molar-refractivity contribution is 0.310. The van der Waals surface area contributed by atoms with Gasteiger partial charge in [-0.05, 0) is 44.0 Å². The standard InChI is InChI=1S/C19H21N3/c1-4-19(3,5-2)22-17-13-9-8-12-16(17)21-15-11-7-6-10-14(15)20-18(21)22/h6-13H,4-5H2,1-3H3. The van der Waals surface area contributed by atoms with Crippen LogP contribution in [0.1, 0.15) is 33.6 Å². The molecule has 0 aliphatic carbocycles. The summed E-state index contributed by atoms with van der Waals surface area (Å²) in [5, 5.41) is 0. The molecule has 3 heteroatoms. The van der Waals surface area contributed by atoms with Crippen molar-refractivity contribution in [2.75, 3.05) is 0 Å². The Labute approximate surface area is 130 Å². The molecule has 0 saturated heterocycles. The van der Waals surface area contributed by atoms with Crippen molar-refractivity contribution >= 4 is 27.8 Å². The van der Waals surface area contributed by atoms with Gasteiger partial charge in [0.05, 0.1) is 22.1 Å². The molecule has 0 aliphatic heterocycles. The Kier molecular flexibility index (Phi) is 2.80. The van der Waals surface area contributed by atoms with Crippen molar-refractivity contribution in [2.24, 2.45) is 0 Å². The maximum atomic E-state index is 4.94. The Bertz CT molecular complexity index is 970. The van der Waals surface area contributed by atoms with Gasteiger partial charge in [-0.1, -0.05) is 38.1 Å². The first-order chi connectivity index (χ1) is 10.7. The Balaban J connectivity index is 2.26. The minimum absolute atomic E-state index is 0.0751. The number of nitrogens with zero attached hydrogens (tertiary/aromatic N) is 3. The van der Waals surface area contributed by atoms with E-state index < -0.39 is 0 Å². The highest BCUT2D eigenvalue weighted by atomic mass is 15.2.